The van der Waals surface area contributed by atoms with Crippen molar-refractivity contribution in [3.05, 3.63) is 53.3 Å². The lowest BCUT2D eigenvalue weighted by molar-refractivity contribution is -0.133. The first-order valence-corrected chi connectivity index (χ1v) is 9.00. The Kier molecular flexibility index (Phi) is 4.29. The lowest BCUT2D eigenvalue weighted by atomic mass is 10.1. The Morgan fingerprint density at radius 3 is 2.58 bits per heavy atom. The predicted octanol–water partition coefficient (Wildman–Crippen LogP) is 2.11. The predicted molar refractivity (Wildman–Crippen MR) is 97.6 cm³/mol. The SMILES string of the molecule is Cc1cc(C#N)nc(N2CCN(C(=O)C3CC3c3ccccc3)CC2)n1. The molecule has 0 N–H and O–H groups in total. The summed E-state index contributed by atoms with van der Waals surface area (Å²) in [6, 6.07) is 14.0. The summed E-state index contributed by atoms with van der Waals surface area (Å²) < 4.78 is 0. The quantitative estimate of drug-likeness (QED) is 0.850. The molecule has 2 atom stereocenters. The van der Waals surface area contributed by atoms with Crippen LogP contribution in [-0.2, 0) is 4.79 Å². The summed E-state index contributed by atoms with van der Waals surface area (Å²) in [4.78, 5) is 25.5. The Hall–Kier alpha value is -2.94. The molecule has 26 heavy (non-hydrogen) atoms. The summed E-state index contributed by atoms with van der Waals surface area (Å²) in [5.74, 6) is 1.35. The minimum absolute atomic E-state index is 0.129. The molecule has 0 radical (unpaired) electrons. The highest BCUT2D eigenvalue weighted by Gasteiger charge is 2.46. The van der Waals surface area contributed by atoms with Gasteiger partial charge in [-0.1, -0.05) is 30.3 Å². The highest BCUT2D eigenvalue weighted by molar-refractivity contribution is 5.83. The monoisotopic (exact) mass is 347 g/mol. The van der Waals surface area contributed by atoms with Crippen molar-refractivity contribution < 1.29 is 4.79 Å². The number of nitrogens with zero attached hydrogens (tertiary/aromatic N) is 5. The number of rotatable bonds is 3. The molecule has 6 nitrogen and oxygen atoms in total. The number of carbonyl (C=O) groups excluding carboxylic acids is 1. The maximum absolute atomic E-state index is 12.8. The van der Waals surface area contributed by atoms with Gasteiger partial charge in [0.25, 0.3) is 0 Å². The second kappa shape index (κ2) is 6.75. The molecule has 6 heteroatoms. The van der Waals surface area contributed by atoms with Crippen molar-refractivity contribution in [1.82, 2.24) is 14.9 Å². The molecule has 4 rings (SSSR count). The van der Waals surface area contributed by atoms with E-state index in [2.05, 4.69) is 33.1 Å². The van der Waals surface area contributed by atoms with Crippen molar-refractivity contribution in [2.75, 3.05) is 31.1 Å². The zero-order valence-corrected chi connectivity index (χ0v) is 14.8. The van der Waals surface area contributed by atoms with Gasteiger partial charge in [-0.05, 0) is 30.9 Å². The van der Waals surface area contributed by atoms with Crippen LogP contribution >= 0.6 is 0 Å². The van der Waals surface area contributed by atoms with E-state index in [1.165, 1.54) is 5.56 Å². The maximum Gasteiger partial charge on any atom is 0.226 e. The van der Waals surface area contributed by atoms with Crippen molar-refractivity contribution >= 4 is 11.9 Å². The number of carbonyl (C=O) groups is 1. The van der Waals surface area contributed by atoms with Gasteiger partial charge in [-0.15, -0.1) is 0 Å². The molecule has 132 valence electrons. The van der Waals surface area contributed by atoms with E-state index in [-0.39, 0.29) is 11.8 Å². The normalized spacial score (nSPS) is 22.0. The highest BCUT2D eigenvalue weighted by Crippen LogP contribution is 2.48. The fourth-order valence-corrected chi connectivity index (χ4v) is 3.65. The molecule has 1 aromatic carbocycles. The molecule has 2 aliphatic rings. The minimum Gasteiger partial charge on any atom is -0.339 e. The van der Waals surface area contributed by atoms with Gasteiger partial charge in [-0.2, -0.15) is 5.26 Å². The third kappa shape index (κ3) is 3.25. The molecule has 1 saturated heterocycles. The zero-order valence-electron chi connectivity index (χ0n) is 14.8. The number of aromatic nitrogens is 2. The number of hydrogen-bond donors (Lipinski definition) is 0. The number of amides is 1. The molecule has 2 unspecified atom stereocenters. The molecule has 0 spiro atoms. The van der Waals surface area contributed by atoms with Gasteiger partial charge in [0, 0.05) is 37.8 Å². The summed E-state index contributed by atoms with van der Waals surface area (Å²) in [7, 11) is 0. The summed E-state index contributed by atoms with van der Waals surface area (Å²) in [6.07, 6.45) is 0.954. The molecule has 0 bridgehead atoms. The molecule has 1 amide bonds. The van der Waals surface area contributed by atoms with E-state index in [9.17, 15) is 4.79 Å². The van der Waals surface area contributed by atoms with E-state index >= 15 is 0 Å². The molecule has 1 aliphatic heterocycles. The number of benzene rings is 1. The van der Waals surface area contributed by atoms with Crippen LogP contribution in [0.4, 0.5) is 5.95 Å². The average Bonchev–Trinajstić information content (AvgIpc) is 3.48. The van der Waals surface area contributed by atoms with Crippen molar-refractivity contribution in [2.45, 2.75) is 19.3 Å². The Morgan fingerprint density at radius 2 is 1.88 bits per heavy atom. The van der Waals surface area contributed by atoms with Crippen LogP contribution in [-0.4, -0.2) is 47.0 Å². The fourth-order valence-electron chi connectivity index (χ4n) is 3.65. The van der Waals surface area contributed by atoms with Crippen molar-refractivity contribution in [3.63, 3.8) is 0 Å². The number of nitriles is 1. The molecular weight excluding hydrogens is 326 g/mol. The first-order chi connectivity index (χ1) is 12.7. The number of piperazine rings is 1. The van der Waals surface area contributed by atoms with Gasteiger partial charge in [0.2, 0.25) is 11.9 Å². The Labute approximate surface area is 153 Å². The van der Waals surface area contributed by atoms with Crippen molar-refractivity contribution in [1.29, 1.82) is 5.26 Å². The highest BCUT2D eigenvalue weighted by atomic mass is 16.2. The van der Waals surface area contributed by atoms with Crippen molar-refractivity contribution in [2.24, 2.45) is 5.92 Å². The number of anilines is 1. The van der Waals surface area contributed by atoms with Crippen LogP contribution in [0.5, 0.6) is 0 Å². The van der Waals surface area contributed by atoms with Gasteiger partial charge in [0.05, 0.1) is 0 Å². The summed E-state index contributed by atoms with van der Waals surface area (Å²) in [5.41, 5.74) is 2.44. The van der Waals surface area contributed by atoms with E-state index in [0.29, 0.717) is 43.7 Å². The first kappa shape index (κ1) is 16.5. The Balaban J connectivity index is 1.36. The van der Waals surface area contributed by atoms with Crippen LogP contribution < -0.4 is 4.90 Å². The zero-order chi connectivity index (χ0) is 18.1. The second-order valence-corrected chi connectivity index (χ2v) is 6.98. The minimum atomic E-state index is 0.129. The Morgan fingerprint density at radius 1 is 1.15 bits per heavy atom. The standard InChI is InChI=1S/C20H21N5O/c1-14-11-16(13-21)23-20(22-14)25-9-7-24(8-10-25)19(26)18-12-17(18)15-5-3-2-4-6-15/h2-6,11,17-18H,7-10,12H2,1H3. The van der Waals surface area contributed by atoms with Gasteiger partial charge in [0.15, 0.2) is 0 Å². The van der Waals surface area contributed by atoms with Crippen LogP contribution in [0.2, 0.25) is 0 Å². The summed E-state index contributed by atoms with van der Waals surface area (Å²) >= 11 is 0. The van der Waals surface area contributed by atoms with E-state index in [0.717, 1.165) is 12.1 Å². The molecular formula is C20H21N5O. The van der Waals surface area contributed by atoms with Gasteiger partial charge in [0.1, 0.15) is 11.8 Å². The Bertz CT molecular complexity index is 852. The van der Waals surface area contributed by atoms with E-state index in [4.69, 9.17) is 5.26 Å². The third-order valence-corrected chi connectivity index (χ3v) is 5.17. The summed E-state index contributed by atoms with van der Waals surface area (Å²) in [6.45, 7) is 4.61. The molecule has 2 aromatic rings. The number of aryl methyl sites for hydroxylation is 1. The van der Waals surface area contributed by atoms with Gasteiger partial charge in [-0.25, -0.2) is 9.97 Å². The van der Waals surface area contributed by atoms with Crippen LogP contribution in [0.25, 0.3) is 0 Å². The molecule has 2 heterocycles. The lowest BCUT2D eigenvalue weighted by Gasteiger charge is -2.35. The molecule has 1 saturated carbocycles. The van der Waals surface area contributed by atoms with Crippen LogP contribution in [0.1, 0.15) is 29.3 Å². The first-order valence-electron chi connectivity index (χ1n) is 9.00. The van der Waals surface area contributed by atoms with Crippen LogP contribution in [0, 0.1) is 24.2 Å². The van der Waals surface area contributed by atoms with Crippen LogP contribution in [0.15, 0.2) is 36.4 Å². The van der Waals surface area contributed by atoms with E-state index < -0.39 is 0 Å². The van der Waals surface area contributed by atoms with Crippen molar-refractivity contribution in [3.8, 4) is 6.07 Å². The smallest absolute Gasteiger partial charge is 0.226 e. The fraction of sp³-hybridized carbons (Fsp3) is 0.400. The largest absolute Gasteiger partial charge is 0.339 e. The van der Waals surface area contributed by atoms with Gasteiger partial charge in [-0.3, -0.25) is 4.79 Å². The topological polar surface area (TPSA) is 73.1 Å². The molecule has 1 aromatic heterocycles. The third-order valence-electron chi connectivity index (χ3n) is 5.17. The molecule has 1 aliphatic carbocycles. The van der Waals surface area contributed by atoms with Crippen LogP contribution in [0.3, 0.4) is 0 Å². The van der Waals surface area contributed by atoms with Gasteiger partial charge < -0.3 is 9.80 Å². The maximum atomic E-state index is 12.8. The van der Waals surface area contributed by atoms with Gasteiger partial charge >= 0.3 is 0 Å². The van der Waals surface area contributed by atoms with E-state index in [1.54, 1.807) is 6.07 Å². The summed E-state index contributed by atoms with van der Waals surface area (Å²) in [5, 5.41) is 9.07. The average molecular weight is 347 g/mol. The number of hydrogen-bond acceptors (Lipinski definition) is 5. The van der Waals surface area contributed by atoms with E-state index in [1.807, 2.05) is 30.0 Å². The second-order valence-electron chi connectivity index (χ2n) is 6.98. The molecule has 2 fully saturated rings. The lowest BCUT2D eigenvalue weighted by Crippen LogP contribution is -2.50.